The largest absolute Gasteiger partial charge is 0.258 e. The molecule has 1 aliphatic carbocycles. The van der Waals surface area contributed by atoms with Crippen molar-refractivity contribution in [2.45, 2.75) is 40.0 Å². The molecule has 0 saturated carbocycles. The van der Waals surface area contributed by atoms with Crippen LogP contribution in [0.4, 0.5) is 0 Å². The zero-order valence-electron chi connectivity index (χ0n) is 14.7. The molecule has 0 aliphatic heterocycles. The minimum atomic E-state index is 0.532. The van der Waals surface area contributed by atoms with Gasteiger partial charge in [0, 0.05) is 23.7 Å². The summed E-state index contributed by atoms with van der Waals surface area (Å²) in [6, 6.07) is 6.59. The molecule has 3 nitrogen and oxygen atoms in total. The van der Waals surface area contributed by atoms with Crippen LogP contribution in [0.25, 0.3) is 11.3 Å². The normalized spacial score (nSPS) is 18.6. The fourth-order valence-corrected chi connectivity index (χ4v) is 3.77. The van der Waals surface area contributed by atoms with Crippen LogP contribution < -0.4 is 4.80 Å². The summed E-state index contributed by atoms with van der Waals surface area (Å²) >= 11 is 1.66. The number of allylic oxidation sites excluding steroid dienone is 2. The van der Waals surface area contributed by atoms with E-state index in [4.69, 9.17) is 5.10 Å². The van der Waals surface area contributed by atoms with Crippen molar-refractivity contribution in [3.8, 4) is 11.3 Å². The van der Waals surface area contributed by atoms with Crippen molar-refractivity contribution < 1.29 is 0 Å². The number of thiazole rings is 1. The Hall–Kier alpha value is -1.94. The smallest absolute Gasteiger partial charge is 0.206 e. The molecule has 0 amide bonds. The topological polar surface area (TPSA) is 29.6 Å². The third-order valence-corrected chi connectivity index (χ3v) is 5.34. The van der Waals surface area contributed by atoms with Gasteiger partial charge in [-0.3, -0.25) is 4.99 Å². The van der Waals surface area contributed by atoms with Crippen molar-refractivity contribution in [3.05, 3.63) is 51.7 Å². The van der Waals surface area contributed by atoms with Gasteiger partial charge in [-0.25, -0.2) is 4.68 Å². The Balaban J connectivity index is 2.00. The summed E-state index contributed by atoms with van der Waals surface area (Å²) in [4.78, 5) is 5.58. The average Bonchev–Trinajstić information content (AvgIpc) is 2.99. The number of aromatic nitrogens is 1. The van der Waals surface area contributed by atoms with Crippen LogP contribution in [0.3, 0.4) is 0 Å². The van der Waals surface area contributed by atoms with E-state index < -0.39 is 0 Å². The monoisotopic (exact) mass is 339 g/mol. The Morgan fingerprint density at radius 3 is 2.83 bits per heavy atom. The molecule has 1 heterocycles. The lowest BCUT2D eigenvalue weighted by Gasteiger charge is -2.12. The summed E-state index contributed by atoms with van der Waals surface area (Å²) in [6.07, 6.45) is 10.1. The maximum Gasteiger partial charge on any atom is 0.206 e. The molecule has 2 aromatic rings. The molecule has 1 aromatic carbocycles. The first kappa shape index (κ1) is 16.9. The van der Waals surface area contributed by atoms with E-state index in [1.807, 2.05) is 4.68 Å². The minimum Gasteiger partial charge on any atom is -0.258 e. The zero-order valence-corrected chi connectivity index (χ0v) is 15.5. The highest BCUT2D eigenvalue weighted by Crippen LogP contribution is 2.23. The molecule has 0 saturated heterocycles. The minimum absolute atomic E-state index is 0.532. The second-order valence-corrected chi connectivity index (χ2v) is 7.13. The predicted molar refractivity (Wildman–Crippen MR) is 104 cm³/mol. The first-order valence-electron chi connectivity index (χ1n) is 8.67. The molecule has 4 heteroatoms. The Labute approximate surface area is 148 Å². The maximum atomic E-state index is 4.81. The Morgan fingerprint density at radius 1 is 1.25 bits per heavy atom. The third-order valence-electron chi connectivity index (χ3n) is 4.48. The number of aryl methyl sites for hydroxylation is 2. The summed E-state index contributed by atoms with van der Waals surface area (Å²) in [5.41, 5.74) is 4.95. The summed E-state index contributed by atoms with van der Waals surface area (Å²) in [5, 5.41) is 6.97. The molecule has 0 radical (unpaired) electrons. The molecule has 0 fully saturated rings. The standard InChI is InChI=1S/C20H25N3S/c1-4-21-20-23(22-13-17-8-6-5-7-9-17)19(14-24-20)18-11-10-15(2)16(3)12-18/h5-6,10-14,17H,4,7-9H2,1-3H3. The molecule has 1 atom stereocenters. The van der Waals surface area contributed by atoms with E-state index >= 15 is 0 Å². The first-order chi connectivity index (χ1) is 11.7. The van der Waals surface area contributed by atoms with Crippen molar-refractivity contribution in [2.75, 3.05) is 6.54 Å². The summed E-state index contributed by atoms with van der Waals surface area (Å²) in [7, 11) is 0. The van der Waals surface area contributed by atoms with Gasteiger partial charge in [0.1, 0.15) is 0 Å². The zero-order chi connectivity index (χ0) is 16.9. The molecule has 1 aromatic heterocycles. The van der Waals surface area contributed by atoms with Crippen LogP contribution in [0, 0.1) is 19.8 Å². The lowest BCUT2D eigenvalue weighted by atomic mass is 9.96. The van der Waals surface area contributed by atoms with Gasteiger partial charge in [0.25, 0.3) is 0 Å². The van der Waals surface area contributed by atoms with Crippen LogP contribution in [-0.4, -0.2) is 17.4 Å². The molecule has 0 spiro atoms. The predicted octanol–water partition coefficient (Wildman–Crippen LogP) is 4.94. The summed E-state index contributed by atoms with van der Waals surface area (Å²) in [5.74, 6) is 0.532. The number of benzene rings is 1. The van der Waals surface area contributed by atoms with Gasteiger partial charge in [-0.05, 0) is 63.1 Å². The van der Waals surface area contributed by atoms with Gasteiger partial charge in [-0.1, -0.05) is 24.3 Å². The average molecular weight is 340 g/mol. The molecule has 1 aliphatic rings. The molecule has 3 rings (SSSR count). The fraction of sp³-hybridized carbons (Fsp3) is 0.400. The third kappa shape index (κ3) is 3.75. The van der Waals surface area contributed by atoms with E-state index in [2.05, 4.69) is 67.7 Å². The highest BCUT2D eigenvalue weighted by atomic mass is 32.1. The first-order valence-corrected chi connectivity index (χ1v) is 9.55. The Bertz CT molecular complexity index is 824. The highest BCUT2D eigenvalue weighted by molar-refractivity contribution is 7.07. The van der Waals surface area contributed by atoms with Crippen LogP contribution in [0.5, 0.6) is 0 Å². The van der Waals surface area contributed by atoms with E-state index in [1.165, 1.54) is 23.1 Å². The second kappa shape index (κ2) is 7.75. The van der Waals surface area contributed by atoms with Gasteiger partial charge in [-0.2, -0.15) is 5.10 Å². The van der Waals surface area contributed by atoms with Gasteiger partial charge >= 0.3 is 0 Å². The second-order valence-electron chi connectivity index (χ2n) is 6.30. The van der Waals surface area contributed by atoms with Crippen molar-refractivity contribution in [3.63, 3.8) is 0 Å². The van der Waals surface area contributed by atoms with E-state index in [0.29, 0.717) is 5.92 Å². The highest BCUT2D eigenvalue weighted by Gasteiger charge is 2.10. The van der Waals surface area contributed by atoms with Crippen LogP contribution in [-0.2, 0) is 0 Å². The number of rotatable bonds is 4. The maximum absolute atomic E-state index is 4.81. The van der Waals surface area contributed by atoms with Crippen LogP contribution >= 0.6 is 11.3 Å². The van der Waals surface area contributed by atoms with Crippen molar-refractivity contribution >= 4 is 17.6 Å². The fourth-order valence-electron chi connectivity index (χ4n) is 2.87. The van der Waals surface area contributed by atoms with Gasteiger partial charge in [0.2, 0.25) is 4.80 Å². The Morgan fingerprint density at radius 2 is 2.12 bits per heavy atom. The quantitative estimate of drug-likeness (QED) is 0.557. The van der Waals surface area contributed by atoms with Gasteiger partial charge in [0.05, 0.1) is 5.69 Å². The Kier molecular flexibility index (Phi) is 5.46. The molecule has 0 bridgehead atoms. The SMILES string of the molecule is CCN=c1scc(-c2ccc(C)c(C)c2)n1N=CC1CC=CCC1. The van der Waals surface area contributed by atoms with Crippen LogP contribution in [0.1, 0.15) is 37.3 Å². The lowest BCUT2D eigenvalue weighted by Crippen LogP contribution is -2.14. The molecular formula is C20H25N3S. The summed E-state index contributed by atoms with van der Waals surface area (Å²) in [6.45, 7) is 7.14. The molecular weight excluding hydrogens is 314 g/mol. The van der Waals surface area contributed by atoms with Gasteiger partial charge in [0.15, 0.2) is 0 Å². The van der Waals surface area contributed by atoms with Crippen molar-refractivity contribution in [2.24, 2.45) is 16.0 Å². The van der Waals surface area contributed by atoms with Crippen molar-refractivity contribution in [1.82, 2.24) is 4.68 Å². The molecule has 126 valence electrons. The van der Waals surface area contributed by atoms with E-state index in [9.17, 15) is 0 Å². The number of hydrogen-bond acceptors (Lipinski definition) is 3. The molecule has 24 heavy (non-hydrogen) atoms. The lowest BCUT2D eigenvalue weighted by molar-refractivity contribution is 0.621. The van der Waals surface area contributed by atoms with Gasteiger partial charge in [-0.15, -0.1) is 11.3 Å². The van der Waals surface area contributed by atoms with Gasteiger partial charge < -0.3 is 0 Å². The number of hydrogen-bond donors (Lipinski definition) is 0. The van der Waals surface area contributed by atoms with Crippen LogP contribution in [0.15, 0.2) is 45.8 Å². The van der Waals surface area contributed by atoms with Crippen LogP contribution in [0.2, 0.25) is 0 Å². The van der Waals surface area contributed by atoms with E-state index in [0.717, 1.165) is 29.9 Å². The molecule has 0 N–H and O–H groups in total. The van der Waals surface area contributed by atoms with Crippen molar-refractivity contribution in [1.29, 1.82) is 0 Å². The molecule has 1 unspecified atom stereocenters. The van der Waals surface area contributed by atoms with E-state index in [-0.39, 0.29) is 0 Å². The number of nitrogens with zero attached hydrogens (tertiary/aromatic N) is 3. The van der Waals surface area contributed by atoms with E-state index in [1.54, 1.807) is 11.3 Å². The summed E-state index contributed by atoms with van der Waals surface area (Å²) < 4.78 is 2.01.